The van der Waals surface area contributed by atoms with Gasteiger partial charge in [-0.15, -0.1) is 24.8 Å². The minimum atomic E-state index is -0.366. The summed E-state index contributed by atoms with van der Waals surface area (Å²) < 4.78 is 5.14. The fourth-order valence-corrected chi connectivity index (χ4v) is 4.40. The van der Waals surface area contributed by atoms with Crippen molar-refractivity contribution in [1.82, 2.24) is 10.3 Å². The molecule has 0 bridgehead atoms. The molecule has 1 saturated carbocycles. The quantitative estimate of drug-likeness (QED) is 0.456. The molecule has 1 aliphatic rings. The first-order valence-corrected chi connectivity index (χ1v) is 10.3. The molecule has 5 nitrogen and oxygen atoms in total. The van der Waals surface area contributed by atoms with Gasteiger partial charge in [-0.25, -0.2) is 0 Å². The molecular weight excluding hydrogens is 457 g/mol. The number of fused-ring (bicyclic) bond motifs is 1. The summed E-state index contributed by atoms with van der Waals surface area (Å²) in [7, 11) is 1.59. The number of hydrogen-bond acceptors (Lipinski definition) is 5. The highest BCUT2D eigenvalue weighted by Crippen LogP contribution is 2.38. The lowest BCUT2D eigenvalue weighted by Crippen LogP contribution is -2.45. The third kappa shape index (κ3) is 5.54. The van der Waals surface area contributed by atoms with Gasteiger partial charge >= 0.3 is 0 Å². The average molecular weight is 485 g/mol. The Morgan fingerprint density at radius 2 is 1.90 bits per heavy atom. The number of aromatic nitrogens is 1. The molecule has 0 saturated heterocycles. The van der Waals surface area contributed by atoms with E-state index in [-0.39, 0.29) is 36.1 Å². The molecule has 1 aromatic heterocycles. The second-order valence-corrected chi connectivity index (χ2v) is 8.26. The lowest BCUT2D eigenvalue weighted by atomic mass is 9.74. The molecular formula is C23H28Cl3N3O2. The van der Waals surface area contributed by atoms with Crippen molar-refractivity contribution in [2.75, 3.05) is 7.11 Å². The van der Waals surface area contributed by atoms with Crippen LogP contribution in [0.2, 0.25) is 5.02 Å². The summed E-state index contributed by atoms with van der Waals surface area (Å²) in [5.74, 6) is 0.908. The number of rotatable bonds is 5. The minimum absolute atomic E-state index is 0. The van der Waals surface area contributed by atoms with Crippen molar-refractivity contribution in [2.24, 2.45) is 5.73 Å². The van der Waals surface area contributed by atoms with Gasteiger partial charge < -0.3 is 20.9 Å². The molecule has 3 aromatic rings. The van der Waals surface area contributed by atoms with Gasteiger partial charge in [-0.05, 0) is 55.5 Å². The summed E-state index contributed by atoms with van der Waals surface area (Å²) in [6.07, 6.45) is 5.55. The lowest BCUT2D eigenvalue weighted by molar-refractivity contribution is 0.252. The molecule has 31 heavy (non-hydrogen) atoms. The predicted octanol–water partition coefficient (Wildman–Crippen LogP) is 5.33. The van der Waals surface area contributed by atoms with Crippen LogP contribution in [-0.2, 0) is 12.1 Å². The Kier molecular flexibility index (Phi) is 8.81. The molecule has 0 aliphatic heterocycles. The van der Waals surface area contributed by atoms with Gasteiger partial charge in [0.25, 0.3) is 0 Å². The van der Waals surface area contributed by atoms with Crippen LogP contribution in [0.25, 0.3) is 10.9 Å². The largest absolute Gasteiger partial charge is 0.507 e. The third-order valence-corrected chi connectivity index (χ3v) is 6.23. The second-order valence-electron chi connectivity index (χ2n) is 7.83. The van der Waals surface area contributed by atoms with Gasteiger partial charge in [-0.1, -0.05) is 23.7 Å². The molecule has 0 spiro atoms. The molecule has 4 N–H and O–H groups in total. The number of hydrogen-bond donors (Lipinski definition) is 3. The Morgan fingerprint density at radius 1 is 1.16 bits per heavy atom. The number of phenolic OH excluding ortho intramolecular Hbond substituents is 1. The molecule has 168 valence electrons. The maximum atomic E-state index is 10.1. The molecule has 1 heterocycles. The van der Waals surface area contributed by atoms with Crippen molar-refractivity contribution in [3.8, 4) is 11.5 Å². The van der Waals surface area contributed by atoms with Crippen LogP contribution in [0.15, 0.2) is 48.7 Å². The van der Waals surface area contributed by atoms with Crippen LogP contribution in [0.5, 0.6) is 11.5 Å². The Hall–Kier alpha value is -1.76. The van der Waals surface area contributed by atoms with Crippen molar-refractivity contribution >= 4 is 47.3 Å². The van der Waals surface area contributed by atoms with E-state index in [0.717, 1.165) is 47.7 Å². The van der Waals surface area contributed by atoms with Gasteiger partial charge in [0.05, 0.1) is 12.6 Å². The van der Waals surface area contributed by atoms with Gasteiger partial charge in [-0.3, -0.25) is 4.98 Å². The van der Waals surface area contributed by atoms with Gasteiger partial charge in [0.1, 0.15) is 11.5 Å². The molecule has 0 unspecified atom stereocenters. The van der Waals surface area contributed by atoms with Crippen LogP contribution in [0.4, 0.5) is 0 Å². The topological polar surface area (TPSA) is 80.4 Å². The summed E-state index contributed by atoms with van der Waals surface area (Å²) in [6, 6.07) is 13.6. The van der Waals surface area contributed by atoms with Gasteiger partial charge in [0, 0.05) is 46.4 Å². The zero-order valence-corrected chi connectivity index (χ0v) is 19.7. The van der Waals surface area contributed by atoms with E-state index in [4.69, 9.17) is 22.1 Å². The minimum Gasteiger partial charge on any atom is -0.507 e. The van der Waals surface area contributed by atoms with E-state index in [0.29, 0.717) is 23.4 Å². The maximum Gasteiger partial charge on any atom is 0.123 e. The number of pyridine rings is 1. The Morgan fingerprint density at radius 3 is 2.58 bits per heavy atom. The Bertz CT molecular complexity index is 1020. The first-order valence-electron chi connectivity index (χ1n) is 9.91. The smallest absolute Gasteiger partial charge is 0.123 e. The first-order chi connectivity index (χ1) is 14.0. The molecule has 0 radical (unpaired) electrons. The van der Waals surface area contributed by atoms with E-state index in [2.05, 4.69) is 10.3 Å². The summed E-state index contributed by atoms with van der Waals surface area (Å²) in [4.78, 5) is 4.44. The number of nitrogens with zero attached hydrogens (tertiary/aromatic N) is 1. The van der Waals surface area contributed by atoms with Crippen molar-refractivity contribution in [3.05, 3.63) is 64.8 Å². The van der Waals surface area contributed by atoms with Gasteiger partial charge in [-0.2, -0.15) is 0 Å². The summed E-state index contributed by atoms with van der Waals surface area (Å²) in [5, 5.41) is 15.5. The number of ether oxygens (including phenoxy) is 1. The Labute approximate surface area is 200 Å². The summed E-state index contributed by atoms with van der Waals surface area (Å²) in [6.45, 7) is 0.620. The number of aromatic hydroxyl groups is 1. The highest BCUT2D eigenvalue weighted by molar-refractivity contribution is 6.31. The van der Waals surface area contributed by atoms with Crippen LogP contribution in [-0.4, -0.2) is 23.2 Å². The fourth-order valence-electron chi connectivity index (χ4n) is 4.24. The first kappa shape index (κ1) is 25.5. The molecule has 4 rings (SSSR count). The number of nitrogens with two attached hydrogens (primary N) is 1. The molecule has 0 amide bonds. The molecule has 0 atom stereocenters. The number of phenols is 1. The fraction of sp³-hybridized carbons (Fsp3) is 0.348. The van der Waals surface area contributed by atoms with E-state index in [9.17, 15) is 5.11 Å². The van der Waals surface area contributed by atoms with Gasteiger partial charge in [0.2, 0.25) is 0 Å². The van der Waals surface area contributed by atoms with Crippen LogP contribution in [0.1, 0.15) is 36.8 Å². The molecule has 1 fully saturated rings. The van der Waals surface area contributed by atoms with E-state index < -0.39 is 0 Å². The normalized spacial score (nSPS) is 20.5. The third-order valence-electron chi connectivity index (χ3n) is 5.99. The number of nitrogens with one attached hydrogen (secondary N) is 1. The van der Waals surface area contributed by atoms with Crippen LogP contribution >= 0.6 is 36.4 Å². The van der Waals surface area contributed by atoms with E-state index in [1.54, 1.807) is 13.2 Å². The van der Waals surface area contributed by atoms with Crippen LogP contribution in [0.3, 0.4) is 0 Å². The van der Waals surface area contributed by atoms with Crippen molar-refractivity contribution in [3.63, 3.8) is 0 Å². The average Bonchev–Trinajstić information content (AvgIpc) is 2.73. The second kappa shape index (κ2) is 10.7. The predicted molar refractivity (Wildman–Crippen MR) is 131 cm³/mol. The van der Waals surface area contributed by atoms with E-state index >= 15 is 0 Å². The lowest BCUT2D eigenvalue weighted by Gasteiger charge is -2.38. The summed E-state index contributed by atoms with van der Waals surface area (Å²) in [5.41, 5.74) is 9.40. The van der Waals surface area contributed by atoms with E-state index in [1.807, 2.05) is 42.6 Å². The monoisotopic (exact) mass is 483 g/mol. The number of methoxy groups -OCH3 is 1. The van der Waals surface area contributed by atoms with Crippen molar-refractivity contribution < 1.29 is 9.84 Å². The molecule has 1 aliphatic carbocycles. The van der Waals surface area contributed by atoms with Crippen LogP contribution < -0.4 is 15.8 Å². The summed E-state index contributed by atoms with van der Waals surface area (Å²) >= 11 is 6.12. The highest BCUT2D eigenvalue weighted by atomic mass is 35.5. The standard InChI is InChI=1S/C23H26ClN3O2.2ClH/c1-29-18-4-2-15(22(28)13-18)14-27-17-6-9-23(25,10-7-17)20-8-11-26-21-12-16(24)3-5-19(20)21;;/h2-5,8,11-13,17,27-28H,6-7,9-10,14,25H2,1H3;2*1H. The van der Waals surface area contributed by atoms with Crippen LogP contribution in [0, 0.1) is 0 Å². The molecule has 8 heteroatoms. The zero-order chi connectivity index (χ0) is 20.4. The SMILES string of the molecule is COc1ccc(CNC2CCC(N)(c3ccnc4cc(Cl)ccc34)CC2)c(O)c1.Cl.Cl. The number of halogens is 3. The van der Waals surface area contributed by atoms with Crippen molar-refractivity contribution in [2.45, 2.75) is 43.8 Å². The highest BCUT2D eigenvalue weighted by Gasteiger charge is 2.34. The Balaban J connectivity index is 0.00000171. The van der Waals surface area contributed by atoms with E-state index in [1.165, 1.54) is 0 Å². The van der Waals surface area contributed by atoms with Crippen molar-refractivity contribution in [1.29, 1.82) is 0 Å². The zero-order valence-electron chi connectivity index (χ0n) is 17.3. The maximum absolute atomic E-state index is 10.1. The van der Waals surface area contributed by atoms with Gasteiger partial charge in [0.15, 0.2) is 0 Å². The molecule has 2 aromatic carbocycles. The number of benzene rings is 2.